The second kappa shape index (κ2) is 2.45. The lowest BCUT2D eigenvalue weighted by Crippen LogP contribution is -1.87. The molecule has 34 valence electrons. The van der Waals surface area contributed by atoms with E-state index in [9.17, 15) is 4.79 Å². The van der Waals surface area contributed by atoms with E-state index in [0.717, 1.165) is 0 Å². The van der Waals surface area contributed by atoms with Gasteiger partial charge < -0.3 is 4.74 Å². The molecule has 0 aromatic carbocycles. The van der Waals surface area contributed by atoms with Crippen molar-refractivity contribution >= 4 is 5.97 Å². The van der Waals surface area contributed by atoms with Crippen molar-refractivity contribution in [1.29, 1.82) is 0 Å². The van der Waals surface area contributed by atoms with Crippen LogP contribution in [0, 0.1) is 0 Å². The predicted molar refractivity (Wildman–Crippen MR) is 22.0 cm³/mol. The van der Waals surface area contributed by atoms with Crippen molar-refractivity contribution in [2.24, 2.45) is 0 Å². The maximum absolute atomic E-state index is 10.5. The zero-order valence-corrected chi connectivity index (χ0v) is 2.82. The number of carbonyl (C=O) groups excluding carboxylic acids is 1. The van der Waals surface area contributed by atoms with Gasteiger partial charge in [0.1, 0.15) is 1.37 Å². The Morgan fingerprint density at radius 1 is 2.67 bits per heavy atom. The van der Waals surface area contributed by atoms with Crippen LogP contribution < -0.4 is 0 Å². The molecule has 0 heterocycles. The van der Waals surface area contributed by atoms with Gasteiger partial charge in [0.2, 0.25) is 0 Å². The summed E-state index contributed by atoms with van der Waals surface area (Å²) in [7, 11) is 0. The fraction of sp³-hybridized carbons (Fsp3) is 0.250. The molecule has 0 aromatic rings. The summed E-state index contributed by atoms with van der Waals surface area (Å²) in [4.78, 5) is 10.5. The summed E-state index contributed by atoms with van der Waals surface area (Å²) in [5, 5.41) is 0. The maximum atomic E-state index is 10.5. The van der Waals surface area contributed by atoms with Gasteiger partial charge in [-0.2, -0.15) is 0 Å². The zero-order chi connectivity index (χ0) is 9.94. The van der Waals surface area contributed by atoms with Gasteiger partial charge in [0.15, 0.2) is 0 Å². The molecule has 0 fully saturated rings. The van der Waals surface area contributed by atoms with Crippen molar-refractivity contribution in [2.75, 3.05) is 0 Å². The summed E-state index contributed by atoms with van der Waals surface area (Å²) in [6.07, 6.45) is -1.07. The Morgan fingerprint density at radius 2 is 3.50 bits per heavy atom. The molecule has 0 aliphatic heterocycles. The molecule has 6 heavy (non-hydrogen) atoms. The number of hydrogen-bond acceptors (Lipinski definition) is 2. The van der Waals surface area contributed by atoms with Gasteiger partial charge in [0, 0.05) is 11.0 Å². The van der Waals surface area contributed by atoms with Gasteiger partial charge in [-0.3, -0.25) is 4.79 Å². The molecule has 2 heteroatoms. The molecule has 0 aliphatic carbocycles. The largest absolute Gasteiger partial charge is 0.435 e. The minimum absolute atomic E-state index is 1.05. The second-order valence-corrected chi connectivity index (χ2v) is 0.492. The van der Waals surface area contributed by atoms with E-state index in [1.54, 1.807) is 0 Å². The SMILES string of the molecule is [2H]C([2H])=C([2H])OC(=O)C([2H])([2H])[2H]. The Bertz CT molecular complexity index is 212. The van der Waals surface area contributed by atoms with Gasteiger partial charge in [-0.1, -0.05) is 6.53 Å². The van der Waals surface area contributed by atoms with Crippen LogP contribution >= 0.6 is 0 Å². The van der Waals surface area contributed by atoms with Gasteiger partial charge in [-0.25, -0.2) is 0 Å². The zero-order valence-electron chi connectivity index (χ0n) is 8.82. The van der Waals surface area contributed by atoms with Gasteiger partial charge in [0.25, 0.3) is 0 Å². The van der Waals surface area contributed by atoms with Crippen LogP contribution in [0.25, 0.3) is 0 Å². The third kappa shape index (κ3) is 3.21. The highest BCUT2D eigenvalue weighted by Gasteiger charge is 1.79. The highest BCUT2D eigenvalue weighted by atomic mass is 16.5. The molecule has 0 unspecified atom stereocenters. The highest BCUT2D eigenvalue weighted by Crippen LogP contribution is 1.70. The third-order valence-electron chi connectivity index (χ3n) is 0.144. The smallest absolute Gasteiger partial charge is 0.307 e. The van der Waals surface area contributed by atoms with Crippen molar-refractivity contribution in [3.05, 3.63) is 12.8 Å². The molecule has 0 rings (SSSR count). The topological polar surface area (TPSA) is 26.3 Å². The van der Waals surface area contributed by atoms with E-state index in [1.165, 1.54) is 0 Å². The van der Waals surface area contributed by atoms with E-state index in [-0.39, 0.29) is 0 Å². The first-order chi connectivity index (χ1) is 5.25. The van der Waals surface area contributed by atoms with Crippen LogP contribution in [-0.4, -0.2) is 5.97 Å². The molecule has 0 amide bonds. The quantitative estimate of drug-likeness (QED) is 0.351. The number of rotatable bonds is 1. The van der Waals surface area contributed by atoms with Crippen molar-refractivity contribution in [1.82, 2.24) is 0 Å². The summed E-state index contributed by atoms with van der Waals surface area (Å²) in [5.74, 6) is -1.61. The molecular weight excluding hydrogens is 80.0 g/mol. The minimum atomic E-state index is -2.96. The van der Waals surface area contributed by atoms with Crippen molar-refractivity contribution in [2.45, 2.75) is 6.85 Å². The van der Waals surface area contributed by atoms with E-state index in [1.807, 2.05) is 0 Å². The molecule has 0 saturated heterocycles. The molecule has 0 aliphatic rings. The standard InChI is InChI=1S/C4H6O2/c1-3-6-4(2)5/h3H,1H2,2H3/i1D2,2D3,3D. The van der Waals surface area contributed by atoms with Gasteiger partial charge in [0.05, 0.1) is 8.98 Å². The molecule has 0 saturated carbocycles. The van der Waals surface area contributed by atoms with Crippen molar-refractivity contribution < 1.29 is 17.8 Å². The fourth-order valence-corrected chi connectivity index (χ4v) is 0.0463. The van der Waals surface area contributed by atoms with Gasteiger partial charge >= 0.3 is 5.97 Å². The van der Waals surface area contributed by atoms with Crippen LogP contribution in [0.15, 0.2) is 12.8 Å². The van der Waals surface area contributed by atoms with E-state index in [2.05, 4.69) is 4.74 Å². The predicted octanol–water partition coefficient (Wildman–Crippen LogP) is 0.693. The lowest BCUT2D eigenvalue weighted by molar-refractivity contribution is -0.135. The average molecular weight is 92.1 g/mol. The van der Waals surface area contributed by atoms with Crippen LogP contribution in [-0.2, 0) is 9.53 Å². The van der Waals surface area contributed by atoms with Crippen LogP contribution in [0.3, 0.4) is 0 Å². The number of ether oxygens (including phenoxy) is 1. The van der Waals surface area contributed by atoms with Gasteiger partial charge in [-0.05, 0) is 0 Å². The molecule has 0 aromatic heterocycles. The van der Waals surface area contributed by atoms with Crippen LogP contribution in [0.4, 0.5) is 0 Å². The molecular formula is C4H6O2. The Hall–Kier alpha value is -0.790. The molecule has 0 N–H and O–H groups in total. The summed E-state index contributed by atoms with van der Waals surface area (Å²) >= 11 is 0. The number of carbonyl (C=O) groups is 1. The monoisotopic (exact) mass is 92.1 g/mol. The fourth-order valence-electron chi connectivity index (χ4n) is 0.0463. The summed E-state index contributed by atoms with van der Waals surface area (Å²) in [6, 6.07) is 0. The van der Waals surface area contributed by atoms with Crippen LogP contribution in [0.5, 0.6) is 0 Å². The average Bonchev–Trinajstić information content (AvgIpc) is 1.85. The number of hydrogen-bond donors (Lipinski definition) is 0. The van der Waals surface area contributed by atoms with Crippen molar-refractivity contribution in [3.8, 4) is 0 Å². The maximum Gasteiger partial charge on any atom is 0.307 e. The highest BCUT2D eigenvalue weighted by molar-refractivity contribution is 5.66. The van der Waals surface area contributed by atoms with E-state index < -0.39 is 25.6 Å². The van der Waals surface area contributed by atoms with Crippen molar-refractivity contribution in [3.63, 3.8) is 0 Å². The summed E-state index contributed by atoms with van der Waals surface area (Å²) < 4.78 is 43.0. The minimum Gasteiger partial charge on any atom is -0.435 e. The van der Waals surface area contributed by atoms with E-state index >= 15 is 0 Å². The molecule has 2 nitrogen and oxygen atoms in total. The van der Waals surface area contributed by atoms with Crippen LogP contribution in [0.1, 0.15) is 15.1 Å². The van der Waals surface area contributed by atoms with Gasteiger partial charge in [-0.15, -0.1) is 0 Å². The molecule has 0 radical (unpaired) electrons. The second-order valence-electron chi connectivity index (χ2n) is 0.492. The normalized spacial score (nSPS) is 22.7. The Kier molecular flexibility index (Phi) is 0.361. The first-order valence-corrected chi connectivity index (χ1v) is 1.11. The van der Waals surface area contributed by atoms with E-state index in [0.29, 0.717) is 0 Å². The first-order valence-electron chi connectivity index (χ1n) is 4.11. The lowest BCUT2D eigenvalue weighted by Gasteiger charge is -1.83. The van der Waals surface area contributed by atoms with E-state index in [4.69, 9.17) is 8.22 Å². The Labute approximate surface area is 44.8 Å². The molecule has 0 atom stereocenters. The summed E-state index contributed by atoms with van der Waals surface area (Å²) in [5.41, 5.74) is 0. The Morgan fingerprint density at radius 3 is 4.00 bits per heavy atom. The number of esters is 1. The first kappa shape index (κ1) is 0.886. The van der Waals surface area contributed by atoms with Crippen LogP contribution in [0.2, 0.25) is 0 Å². The third-order valence-corrected chi connectivity index (χ3v) is 0.144. The molecule has 0 spiro atoms. The summed E-state index contributed by atoms with van der Waals surface area (Å²) in [6.45, 7) is -4.01. The lowest BCUT2D eigenvalue weighted by atomic mass is 10.8. The molecule has 0 bridgehead atoms. The Balaban J connectivity index is 4.32.